The lowest BCUT2D eigenvalue weighted by Gasteiger charge is -2.10. The van der Waals surface area contributed by atoms with Crippen LogP contribution >= 0.6 is 11.6 Å². The maximum atomic E-state index is 11.9. The number of primary amides is 1. The van der Waals surface area contributed by atoms with Gasteiger partial charge in [-0.15, -0.1) is 0 Å². The van der Waals surface area contributed by atoms with Crippen molar-refractivity contribution < 1.29 is 13.2 Å². The van der Waals surface area contributed by atoms with Gasteiger partial charge >= 0.3 is 6.03 Å². The van der Waals surface area contributed by atoms with Crippen LogP contribution in [0.4, 0.5) is 10.5 Å². The number of nitrogens with two attached hydrogens (primary N) is 2. The van der Waals surface area contributed by atoms with Gasteiger partial charge in [-0.1, -0.05) is 11.6 Å². The fraction of sp³-hybridized carbons (Fsp3) is 0.300. The van der Waals surface area contributed by atoms with Crippen molar-refractivity contribution in [2.45, 2.75) is 11.8 Å². The van der Waals surface area contributed by atoms with Crippen LogP contribution in [0.1, 0.15) is 5.56 Å². The van der Waals surface area contributed by atoms with Crippen molar-refractivity contribution in [3.63, 3.8) is 0 Å². The molecule has 0 unspecified atom stereocenters. The van der Waals surface area contributed by atoms with Gasteiger partial charge < -0.3 is 16.8 Å². The molecule has 2 amide bonds. The van der Waals surface area contributed by atoms with E-state index in [1.54, 1.807) is 6.92 Å². The summed E-state index contributed by atoms with van der Waals surface area (Å²) in [4.78, 5) is 10.4. The lowest BCUT2D eigenvalue weighted by atomic mass is 10.2. The molecular formula is C10H15ClN4O3S. The fourth-order valence-electron chi connectivity index (χ4n) is 1.28. The topological polar surface area (TPSA) is 127 Å². The predicted molar refractivity (Wildman–Crippen MR) is 73.4 cm³/mol. The zero-order valence-corrected chi connectivity index (χ0v) is 11.8. The van der Waals surface area contributed by atoms with Gasteiger partial charge in [0.2, 0.25) is 10.0 Å². The van der Waals surface area contributed by atoms with Crippen molar-refractivity contribution >= 4 is 33.3 Å². The number of nitrogens with one attached hydrogen (secondary N) is 2. The summed E-state index contributed by atoms with van der Waals surface area (Å²) in [7, 11) is -3.73. The van der Waals surface area contributed by atoms with Crippen molar-refractivity contribution in [2.75, 3.05) is 18.8 Å². The first-order chi connectivity index (χ1) is 8.74. The number of sulfonamides is 1. The van der Waals surface area contributed by atoms with Crippen molar-refractivity contribution in [1.82, 2.24) is 10.0 Å². The van der Waals surface area contributed by atoms with E-state index in [4.69, 9.17) is 23.1 Å². The van der Waals surface area contributed by atoms with E-state index in [9.17, 15) is 13.2 Å². The Morgan fingerprint density at radius 1 is 1.37 bits per heavy atom. The van der Waals surface area contributed by atoms with Gasteiger partial charge in [-0.05, 0) is 24.6 Å². The molecule has 9 heteroatoms. The SMILES string of the molecule is Cc1c(N)cc(S(=O)(=O)NCCNC(N)=O)cc1Cl. The summed E-state index contributed by atoms with van der Waals surface area (Å²) in [6.45, 7) is 1.79. The molecule has 0 aliphatic rings. The van der Waals surface area contributed by atoms with E-state index >= 15 is 0 Å². The molecule has 6 N–H and O–H groups in total. The van der Waals surface area contributed by atoms with E-state index in [1.165, 1.54) is 12.1 Å². The second kappa shape index (κ2) is 6.09. The van der Waals surface area contributed by atoms with Crippen LogP contribution in [0.5, 0.6) is 0 Å². The van der Waals surface area contributed by atoms with Gasteiger partial charge in [0, 0.05) is 23.8 Å². The first kappa shape index (κ1) is 15.5. The van der Waals surface area contributed by atoms with Crippen LogP contribution in [0.3, 0.4) is 0 Å². The summed E-state index contributed by atoms with van der Waals surface area (Å²) in [5.74, 6) is 0. The normalized spacial score (nSPS) is 11.3. The highest BCUT2D eigenvalue weighted by molar-refractivity contribution is 7.89. The molecule has 0 atom stereocenters. The number of amides is 2. The number of carbonyl (C=O) groups is 1. The molecule has 0 bridgehead atoms. The van der Waals surface area contributed by atoms with Gasteiger partial charge in [0.05, 0.1) is 4.90 Å². The summed E-state index contributed by atoms with van der Waals surface area (Å²) in [6.07, 6.45) is 0. The summed E-state index contributed by atoms with van der Waals surface area (Å²) in [5, 5.41) is 2.54. The Kier molecular flexibility index (Phi) is 4.98. The quantitative estimate of drug-likeness (QED) is 0.457. The van der Waals surface area contributed by atoms with E-state index in [1.807, 2.05) is 0 Å². The maximum absolute atomic E-state index is 11.9. The summed E-state index contributed by atoms with van der Waals surface area (Å²) in [5.41, 5.74) is 11.4. The largest absolute Gasteiger partial charge is 0.398 e. The number of halogens is 1. The third kappa shape index (κ3) is 4.27. The molecule has 0 heterocycles. The van der Waals surface area contributed by atoms with Gasteiger partial charge in [-0.25, -0.2) is 17.9 Å². The average molecular weight is 307 g/mol. The highest BCUT2D eigenvalue weighted by Gasteiger charge is 2.16. The molecule has 0 saturated carbocycles. The number of urea groups is 1. The second-order valence-electron chi connectivity index (χ2n) is 3.81. The molecule has 0 fully saturated rings. The van der Waals surface area contributed by atoms with E-state index in [2.05, 4.69) is 10.0 Å². The van der Waals surface area contributed by atoms with Gasteiger partial charge in [0.25, 0.3) is 0 Å². The van der Waals surface area contributed by atoms with Crippen molar-refractivity contribution in [3.8, 4) is 0 Å². The van der Waals surface area contributed by atoms with Crippen LogP contribution in [0, 0.1) is 6.92 Å². The van der Waals surface area contributed by atoms with Crippen molar-refractivity contribution in [2.24, 2.45) is 5.73 Å². The van der Waals surface area contributed by atoms with Crippen LogP contribution in [-0.4, -0.2) is 27.5 Å². The van der Waals surface area contributed by atoms with Crippen molar-refractivity contribution in [1.29, 1.82) is 0 Å². The molecule has 0 aromatic heterocycles. The molecule has 1 aromatic rings. The molecule has 1 aromatic carbocycles. The molecule has 106 valence electrons. The minimum Gasteiger partial charge on any atom is -0.398 e. The number of benzene rings is 1. The van der Waals surface area contributed by atoms with Gasteiger partial charge in [0.15, 0.2) is 0 Å². The minimum atomic E-state index is -3.73. The number of rotatable bonds is 5. The Hall–Kier alpha value is -1.51. The van der Waals surface area contributed by atoms with Gasteiger partial charge in [0.1, 0.15) is 0 Å². The molecule has 0 radical (unpaired) electrons. The third-order valence-corrected chi connectivity index (χ3v) is 4.22. The van der Waals surface area contributed by atoms with Crippen molar-refractivity contribution in [3.05, 3.63) is 22.7 Å². The Balaban J connectivity index is 2.80. The standard InChI is InChI=1S/C10H15ClN4O3S/c1-6-8(11)4-7(5-9(6)12)19(17,18)15-3-2-14-10(13)16/h4-5,15H,2-3,12H2,1H3,(H3,13,14,16). The molecule has 0 aliphatic carbocycles. The fourth-order valence-corrected chi connectivity index (χ4v) is 2.67. The highest BCUT2D eigenvalue weighted by Crippen LogP contribution is 2.25. The maximum Gasteiger partial charge on any atom is 0.312 e. The van der Waals surface area contributed by atoms with Crippen LogP contribution in [-0.2, 0) is 10.0 Å². The summed E-state index contributed by atoms with van der Waals surface area (Å²) >= 11 is 5.88. The zero-order valence-electron chi connectivity index (χ0n) is 10.2. The number of carbonyl (C=O) groups excluding carboxylic acids is 1. The first-order valence-corrected chi connectivity index (χ1v) is 7.18. The number of nitrogen functional groups attached to an aromatic ring is 1. The molecule has 0 aliphatic heterocycles. The van der Waals surface area contributed by atoms with E-state index in [0.29, 0.717) is 11.3 Å². The number of hydrogen-bond donors (Lipinski definition) is 4. The van der Waals surface area contributed by atoms with E-state index in [0.717, 1.165) is 0 Å². The predicted octanol–water partition coefficient (Wildman–Crippen LogP) is 0.177. The van der Waals surface area contributed by atoms with E-state index in [-0.39, 0.29) is 23.0 Å². The number of anilines is 1. The van der Waals surface area contributed by atoms with Crippen LogP contribution < -0.4 is 21.5 Å². The van der Waals surface area contributed by atoms with Gasteiger partial charge in [-0.3, -0.25) is 0 Å². The summed E-state index contributed by atoms with van der Waals surface area (Å²) in [6, 6.07) is 1.92. The molecule has 19 heavy (non-hydrogen) atoms. The van der Waals surface area contributed by atoms with Crippen LogP contribution in [0.15, 0.2) is 17.0 Å². The summed E-state index contributed by atoms with van der Waals surface area (Å²) < 4.78 is 26.1. The Labute approximate surface area is 116 Å². The zero-order chi connectivity index (χ0) is 14.6. The lowest BCUT2D eigenvalue weighted by Crippen LogP contribution is -2.37. The van der Waals surface area contributed by atoms with Gasteiger partial charge in [-0.2, -0.15) is 0 Å². The molecule has 7 nitrogen and oxygen atoms in total. The first-order valence-electron chi connectivity index (χ1n) is 5.32. The Morgan fingerprint density at radius 2 is 2.00 bits per heavy atom. The Morgan fingerprint density at radius 3 is 2.53 bits per heavy atom. The monoisotopic (exact) mass is 306 g/mol. The second-order valence-corrected chi connectivity index (χ2v) is 5.98. The number of hydrogen-bond acceptors (Lipinski definition) is 4. The molecule has 1 rings (SSSR count). The Bertz CT molecular complexity index is 565. The molecule has 0 saturated heterocycles. The third-order valence-electron chi connectivity index (χ3n) is 2.38. The van der Waals surface area contributed by atoms with E-state index < -0.39 is 16.1 Å². The highest BCUT2D eigenvalue weighted by atomic mass is 35.5. The van der Waals surface area contributed by atoms with Crippen LogP contribution in [0.2, 0.25) is 5.02 Å². The molecular weight excluding hydrogens is 292 g/mol. The minimum absolute atomic E-state index is 0.0106. The molecule has 0 spiro atoms. The lowest BCUT2D eigenvalue weighted by molar-refractivity contribution is 0.249. The van der Waals surface area contributed by atoms with Crippen LogP contribution in [0.25, 0.3) is 0 Å². The smallest absolute Gasteiger partial charge is 0.312 e. The average Bonchev–Trinajstić information content (AvgIpc) is 2.31.